The Labute approximate surface area is 240 Å². The van der Waals surface area contributed by atoms with Crippen LogP contribution in [0.1, 0.15) is 92.9 Å². The molecule has 3 aliphatic rings. The molecule has 0 aromatic carbocycles. The van der Waals surface area contributed by atoms with Crippen LogP contribution >= 0.6 is 0 Å². The number of likely N-dealkylation sites (tertiary alicyclic amines) is 1. The molecule has 5 unspecified atom stereocenters. The number of piperidine rings is 1. The summed E-state index contributed by atoms with van der Waals surface area (Å²) in [6.07, 6.45) is 10.6. The van der Waals surface area contributed by atoms with Gasteiger partial charge >= 0.3 is 223 Å². The number of aliphatic imine (C=N–C) groups is 1. The van der Waals surface area contributed by atoms with Gasteiger partial charge in [0.05, 0.1) is 0 Å². The van der Waals surface area contributed by atoms with Crippen LogP contribution in [0.5, 0.6) is 0 Å². The van der Waals surface area contributed by atoms with Crippen molar-refractivity contribution in [1.29, 1.82) is 0 Å². The van der Waals surface area contributed by atoms with Crippen LogP contribution in [-0.2, 0) is 4.74 Å². The van der Waals surface area contributed by atoms with Gasteiger partial charge in [0.25, 0.3) is 0 Å². The molecule has 3 rings (SSSR count). The molecule has 0 radical (unpaired) electrons. The zero-order valence-electron chi connectivity index (χ0n) is 25.5. The van der Waals surface area contributed by atoms with E-state index >= 15 is 0 Å². The van der Waals surface area contributed by atoms with E-state index in [0.717, 1.165) is 55.4 Å². The molecule has 0 spiro atoms. The van der Waals surface area contributed by atoms with Crippen LogP contribution in [0.3, 0.4) is 0 Å². The molecular formula is C31H60IN4O-. The van der Waals surface area contributed by atoms with Crippen molar-refractivity contribution >= 4 is 5.84 Å². The average Bonchev–Trinajstić information content (AvgIpc) is 3.18. The Balaban J connectivity index is 1.47. The number of rotatable bonds is 19. The molecule has 1 saturated carbocycles. The summed E-state index contributed by atoms with van der Waals surface area (Å²) in [4.78, 5) is 10.5. The molecule has 0 aromatic heterocycles. The zero-order chi connectivity index (χ0) is 26.9. The Morgan fingerprint density at radius 2 is 1.81 bits per heavy atom. The third-order valence-corrected chi connectivity index (χ3v) is 13.6. The molecule has 8 atom stereocenters. The number of halogens is 1. The van der Waals surface area contributed by atoms with E-state index in [4.69, 9.17) is 9.73 Å². The quantitative estimate of drug-likeness (QED) is 0.135. The fraction of sp³-hybridized carbons (Fsp3) is 0.968. The Kier molecular flexibility index (Phi) is 13.5. The van der Waals surface area contributed by atoms with E-state index in [0.29, 0.717) is 16.0 Å². The monoisotopic (exact) mass is 631 g/mol. The number of alkyl halides is 2. The van der Waals surface area contributed by atoms with Crippen molar-refractivity contribution in [3.05, 3.63) is 0 Å². The second-order valence-corrected chi connectivity index (χ2v) is 16.0. The summed E-state index contributed by atoms with van der Waals surface area (Å²) in [7, 11) is 4.45. The molecule has 0 bridgehead atoms. The molecule has 1 N–H and O–H groups in total. The molecule has 1 saturated heterocycles. The van der Waals surface area contributed by atoms with E-state index in [1.807, 2.05) is 0 Å². The number of fused-ring (bicyclic) bond motifs is 1. The van der Waals surface area contributed by atoms with E-state index in [1.165, 1.54) is 68.3 Å². The first-order valence-electron chi connectivity index (χ1n) is 15.7. The minimum absolute atomic E-state index is 0.0996. The Morgan fingerprint density at radius 1 is 1.08 bits per heavy atom. The van der Waals surface area contributed by atoms with E-state index in [9.17, 15) is 0 Å². The average molecular weight is 632 g/mol. The molecule has 218 valence electrons. The molecule has 0 aromatic rings. The van der Waals surface area contributed by atoms with Gasteiger partial charge in [0.1, 0.15) is 0 Å². The van der Waals surface area contributed by atoms with Gasteiger partial charge in [-0.2, -0.15) is 0 Å². The Hall–Kier alpha value is 0.0800. The van der Waals surface area contributed by atoms with Crippen molar-refractivity contribution in [2.24, 2.45) is 34.6 Å². The van der Waals surface area contributed by atoms with Crippen LogP contribution in [0.15, 0.2) is 4.99 Å². The van der Waals surface area contributed by atoms with Crippen molar-refractivity contribution in [3.63, 3.8) is 0 Å². The summed E-state index contributed by atoms with van der Waals surface area (Å²) < 4.78 is 8.30. The topological polar surface area (TPSA) is 40.1 Å². The number of amidine groups is 1. The van der Waals surface area contributed by atoms with Gasteiger partial charge in [-0.05, 0) is 7.05 Å². The summed E-state index contributed by atoms with van der Waals surface area (Å²) in [6.45, 7) is 18.5. The summed E-state index contributed by atoms with van der Waals surface area (Å²) >= 11 is 0.0996. The van der Waals surface area contributed by atoms with Crippen LogP contribution < -0.4 is 26.5 Å². The molecular weight excluding hydrogens is 571 g/mol. The molecule has 0 amide bonds. The van der Waals surface area contributed by atoms with Gasteiger partial charge in [0.15, 0.2) is 0 Å². The first-order chi connectivity index (χ1) is 17.8. The van der Waals surface area contributed by atoms with E-state index < -0.39 is 0 Å². The number of hydrogen-bond acceptors (Lipinski definition) is 5. The molecule has 1 aliphatic carbocycles. The second-order valence-electron chi connectivity index (χ2n) is 12.9. The number of nitrogens with one attached hydrogen (secondary N) is 1. The van der Waals surface area contributed by atoms with Gasteiger partial charge < -0.3 is 5.32 Å². The van der Waals surface area contributed by atoms with Crippen molar-refractivity contribution in [2.75, 3.05) is 45.0 Å². The van der Waals surface area contributed by atoms with Crippen LogP contribution in [0.2, 0.25) is 0 Å². The third kappa shape index (κ3) is 9.04. The third-order valence-electron chi connectivity index (χ3n) is 9.14. The molecule has 6 heteroatoms. The number of hydrogen-bond donors (Lipinski definition) is 1. The summed E-state index contributed by atoms with van der Waals surface area (Å²) in [5.74, 6) is 5.64. The van der Waals surface area contributed by atoms with Crippen molar-refractivity contribution < 1.29 is 25.9 Å². The SMILES string of the molecule is CCCC[C@@H](CCC)C[I-]C(C1=N[C@@H](C)C(CCCOCN2CC3C(NC)[C@H]3C2)N1C)C(C)CC(C)C. The summed E-state index contributed by atoms with van der Waals surface area (Å²) in [5, 5.41) is 3.45. The fourth-order valence-corrected chi connectivity index (χ4v) is 11.4. The van der Waals surface area contributed by atoms with Gasteiger partial charge in [-0.3, -0.25) is 0 Å². The van der Waals surface area contributed by atoms with Crippen LogP contribution in [0, 0.1) is 29.6 Å². The van der Waals surface area contributed by atoms with Gasteiger partial charge in [0.2, 0.25) is 0 Å². The first-order valence-corrected chi connectivity index (χ1v) is 18.4. The standard InChI is InChI=1S/C31H60IN4O/c1-9-11-14-25(13-10-2)18-32-29(23(5)17-22(3)4)31-34-24(6)28(35(31)8)15-12-16-37-21-36-19-26-27(20-36)30(26)33-7/h22-30,33H,9-21H2,1-8H3/q-1/t23?,24-,25+,26-,27?,28?,29?,30?/m0/s1. The molecule has 2 heterocycles. The predicted molar refractivity (Wildman–Crippen MR) is 155 cm³/mol. The number of nitrogens with zero attached hydrogens (tertiary/aromatic N) is 3. The zero-order valence-corrected chi connectivity index (χ0v) is 27.7. The van der Waals surface area contributed by atoms with E-state index in [1.54, 1.807) is 0 Å². The van der Waals surface area contributed by atoms with Gasteiger partial charge in [0, 0.05) is 6.04 Å². The minimum atomic E-state index is 0.0996. The normalized spacial score (nSPS) is 30.1. The summed E-state index contributed by atoms with van der Waals surface area (Å²) in [6, 6.07) is 1.72. The maximum absolute atomic E-state index is 6.12. The number of ether oxygens (including phenoxy) is 1. The van der Waals surface area contributed by atoms with E-state index in [-0.39, 0.29) is 21.2 Å². The molecule has 2 fully saturated rings. The second kappa shape index (κ2) is 15.8. The Morgan fingerprint density at radius 3 is 2.43 bits per heavy atom. The first kappa shape index (κ1) is 31.6. The summed E-state index contributed by atoms with van der Waals surface area (Å²) in [5.41, 5.74) is 0. The van der Waals surface area contributed by atoms with E-state index in [2.05, 4.69) is 70.8 Å². The van der Waals surface area contributed by atoms with Crippen LogP contribution in [0.4, 0.5) is 0 Å². The molecule has 37 heavy (non-hydrogen) atoms. The van der Waals surface area contributed by atoms with Crippen LogP contribution in [-0.4, -0.2) is 82.6 Å². The van der Waals surface area contributed by atoms with Gasteiger partial charge in [-0.25, -0.2) is 0 Å². The fourth-order valence-electron chi connectivity index (χ4n) is 7.08. The molecule has 5 nitrogen and oxygen atoms in total. The Bertz CT molecular complexity index is 676. The van der Waals surface area contributed by atoms with Gasteiger partial charge in [-0.1, -0.05) is 0 Å². The maximum atomic E-state index is 6.12. The number of likely N-dealkylation sites (N-methyl/N-ethyl adjacent to an activating group) is 1. The van der Waals surface area contributed by atoms with Crippen molar-refractivity contribution in [2.45, 2.75) is 115 Å². The predicted octanol–water partition coefficient (Wildman–Crippen LogP) is 2.74. The van der Waals surface area contributed by atoms with Crippen LogP contribution in [0.25, 0.3) is 0 Å². The van der Waals surface area contributed by atoms with Crippen molar-refractivity contribution in [1.82, 2.24) is 15.1 Å². The molecule has 2 aliphatic heterocycles. The van der Waals surface area contributed by atoms with Gasteiger partial charge in [-0.15, -0.1) is 0 Å². The van der Waals surface area contributed by atoms with Crippen molar-refractivity contribution in [3.8, 4) is 0 Å². The number of unbranched alkanes of at least 4 members (excludes halogenated alkanes) is 1.